The molecule has 0 radical (unpaired) electrons. The van der Waals surface area contributed by atoms with Gasteiger partial charge in [0.1, 0.15) is 5.60 Å². The molecule has 1 saturated heterocycles. The lowest BCUT2D eigenvalue weighted by Gasteiger charge is -2.23. The molecule has 0 spiro atoms. The molecule has 0 aromatic carbocycles. The molecule has 0 N–H and O–H groups in total. The summed E-state index contributed by atoms with van der Waals surface area (Å²) in [4.78, 5) is 0. The van der Waals surface area contributed by atoms with Crippen LogP contribution in [0.2, 0.25) is 0 Å². The molecule has 0 aromatic heterocycles. The van der Waals surface area contributed by atoms with Crippen molar-refractivity contribution in [1.82, 2.24) is 0 Å². The predicted octanol–water partition coefficient (Wildman–Crippen LogP) is 2.29. The average molecular weight is 238 g/mol. The van der Waals surface area contributed by atoms with Crippen molar-refractivity contribution in [3.63, 3.8) is 0 Å². The highest BCUT2D eigenvalue weighted by molar-refractivity contribution is 4.88. The summed E-state index contributed by atoms with van der Waals surface area (Å²) < 4.78 is 80.0. The summed E-state index contributed by atoms with van der Waals surface area (Å²) in [5, 5.41) is 0. The Kier molecular flexibility index (Phi) is 2.94. The topological polar surface area (TPSA) is 21.8 Å². The van der Waals surface area contributed by atoms with E-state index in [1.54, 1.807) is 0 Å². The quantitative estimate of drug-likeness (QED) is 0.555. The van der Waals surface area contributed by atoms with Gasteiger partial charge >= 0.3 is 12.4 Å². The fourth-order valence-electron chi connectivity index (χ4n) is 0.841. The zero-order valence-corrected chi connectivity index (χ0v) is 7.58. The summed E-state index contributed by atoms with van der Waals surface area (Å²) in [6.45, 7) is 0.753. The number of alkyl halides is 6. The molecule has 0 bridgehead atoms. The molecule has 0 saturated carbocycles. The molecule has 1 fully saturated rings. The number of hydrogen-bond donors (Lipinski definition) is 0. The summed E-state index contributed by atoms with van der Waals surface area (Å²) in [7, 11) is 0. The van der Waals surface area contributed by atoms with E-state index in [4.69, 9.17) is 0 Å². The molecule has 0 amide bonds. The van der Waals surface area contributed by atoms with Gasteiger partial charge in [-0.15, -0.1) is 0 Å². The Balaban J connectivity index is 2.57. The third kappa shape index (κ3) is 3.53. The van der Waals surface area contributed by atoms with E-state index in [1.165, 1.54) is 6.92 Å². The third-order valence-corrected chi connectivity index (χ3v) is 1.79. The largest absolute Gasteiger partial charge is 0.423 e. The highest BCUT2D eigenvalue weighted by Crippen LogP contribution is 2.37. The van der Waals surface area contributed by atoms with E-state index >= 15 is 0 Å². The van der Waals surface area contributed by atoms with E-state index < -0.39 is 30.7 Å². The van der Waals surface area contributed by atoms with E-state index in [2.05, 4.69) is 9.47 Å². The van der Waals surface area contributed by atoms with Crippen LogP contribution >= 0.6 is 0 Å². The molecular weight excluding hydrogens is 230 g/mol. The lowest BCUT2D eigenvalue weighted by atomic mass is 10.2. The second-order valence-corrected chi connectivity index (χ2v) is 3.51. The van der Waals surface area contributed by atoms with Crippen molar-refractivity contribution >= 4 is 0 Å². The van der Waals surface area contributed by atoms with Crippen LogP contribution in [-0.4, -0.2) is 37.3 Å². The van der Waals surface area contributed by atoms with Gasteiger partial charge < -0.3 is 9.47 Å². The predicted molar refractivity (Wildman–Crippen MR) is 36.2 cm³/mol. The van der Waals surface area contributed by atoms with E-state index in [-0.39, 0.29) is 6.61 Å². The molecule has 1 aliphatic heterocycles. The number of ether oxygens (including phenoxy) is 2. The molecule has 1 aliphatic rings. The normalized spacial score (nSPS) is 27.2. The van der Waals surface area contributed by atoms with E-state index in [0.29, 0.717) is 0 Å². The van der Waals surface area contributed by atoms with Gasteiger partial charge in [0, 0.05) is 0 Å². The minimum Gasteiger partial charge on any atom is -0.367 e. The first-order valence-corrected chi connectivity index (χ1v) is 3.94. The Hall–Kier alpha value is -0.500. The first-order valence-electron chi connectivity index (χ1n) is 3.94. The van der Waals surface area contributed by atoms with E-state index in [1.807, 2.05) is 0 Å². The van der Waals surface area contributed by atoms with Gasteiger partial charge in [0.15, 0.2) is 0 Å². The maximum atomic E-state index is 11.9. The molecule has 1 heterocycles. The van der Waals surface area contributed by atoms with Crippen molar-refractivity contribution in [2.45, 2.75) is 31.0 Å². The second-order valence-electron chi connectivity index (χ2n) is 3.51. The summed E-state index contributed by atoms with van der Waals surface area (Å²) in [6, 6.07) is 0. The molecule has 1 unspecified atom stereocenters. The number of rotatable bonds is 3. The third-order valence-electron chi connectivity index (χ3n) is 1.79. The smallest absolute Gasteiger partial charge is 0.367 e. The fourth-order valence-corrected chi connectivity index (χ4v) is 0.841. The van der Waals surface area contributed by atoms with Crippen molar-refractivity contribution in [1.29, 1.82) is 0 Å². The molecular formula is C7H8F6O2. The van der Waals surface area contributed by atoms with Gasteiger partial charge in [-0.05, 0) is 6.92 Å². The lowest BCUT2D eigenvalue weighted by molar-refractivity contribution is -0.323. The molecule has 15 heavy (non-hydrogen) atoms. The van der Waals surface area contributed by atoms with E-state index in [0.717, 1.165) is 0 Å². The molecule has 2 nitrogen and oxygen atoms in total. The first kappa shape index (κ1) is 12.6. The monoisotopic (exact) mass is 238 g/mol. The van der Waals surface area contributed by atoms with Crippen LogP contribution in [0.4, 0.5) is 26.3 Å². The Morgan fingerprint density at radius 1 is 1.20 bits per heavy atom. The second kappa shape index (κ2) is 3.51. The van der Waals surface area contributed by atoms with Gasteiger partial charge in [-0.2, -0.15) is 26.3 Å². The van der Waals surface area contributed by atoms with Crippen molar-refractivity contribution in [3.8, 4) is 0 Å². The molecule has 1 rings (SSSR count). The SMILES string of the molecule is CC1(COC(C(F)(F)F)C(F)(F)F)CO1. The van der Waals surface area contributed by atoms with Gasteiger partial charge in [-0.3, -0.25) is 0 Å². The van der Waals surface area contributed by atoms with Crippen molar-refractivity contribution in [2.75, 3.05) is 13.2 Å². The molecule has 90 valence electrons. The minimum atomic E-state index is -5.45. The number of hydrogen-bond acceptors (Lipinski definition) is 2. The van der Waals surface area contributed by atoms with Crippen LogP contribution in [0, 0.1) is 0 Å². The van der Waals surface area contributed by atoms with Crippen molar-refractivity contribution in [2.24, 2.45) is 0 Å². The van der Waals surface area contributed by atoms with Crippen LogP contribution in [0.5, 0.6) is 0 Å². The standard InChI is InChI=1S/C7H8F6O2/c1-5(3-15-5)2-14-4(6(8,9)10)7(11,12)13/h4H,2-3H2,1H3. The highest BCUT2D eigenvalue weighted by atomic mass is 19.4. The van der Waals surface area contributed by atoms with Crippen LogP contribution in [0.25, 0.3) is 0 Å². The van der Waals surface area contributed by atoms with Crippen molar-refractivity contribution < 1.29 is 35.8 Å². The summed E-state index contributed by atoms with van der Waals surface area (Å²) in [5.74, 6) is 0. The summed E-state index contributed by atoms with van der Waals surface area (Å²) >= 11 is 0. The van der Waals surface area contributed by atoms with Crippen LogP contribution < -0.4 is 0 Å². The summed E-state index contributed by atoms with van der Waals surface area (Å²) in [5.41, 5.74) is -1.01. The zero-order valence-electron chi connectivity index (χ0n) is 7.58. The Labute approximate surface area is 81.1 Å². The summed E-state index contributed by atoms with van der Waals surface area (Å²) in [6.07, 6.45) is -14.7. The van der Waals surface area contributed by atoms with Gasteiger partial charge in [0.05, 0.1) is 13.2 Å². The highest BCUT2D eigenvalue weighted by Gasteiger charge is 2.59. The minimum absolute atomic E-state index is 0.107. The van der Waals surface area contributed by atoms with Gasteiger partial charge in [0.25, 0.3) is 0 Å². The Morgan fingerprint density at radius 3 is 1.87 bits per heavy atom. The zero-order chi connectivity index (χ0) is 11.9. The van der Waals surface area contributed by atoms with Crippen LogP contribution in [0.1, 0.15) is 6.92 Å². The number of halogens is 6. The van der Waals surface area contributed by atoms with Crippen LogP contribution in [0.15, 0.2) is 0 Å². The number of epoxide rings is 1. The van der Waals surface area contributed by atoms with Crippen LogP contribution in [0.3, 0.4) is 0 Å². The lowest BCUT2D eigenvalue weighted by Crippen LogP contribution is -2.45. The Bertz CT molecular complexity index is 215. The van der Waals surface area contributed by atoms with Gasteiger partial charge in [0.2, 0.25) is 6.10 Å². The van der Waals surface area contributed by atoms with Crippen molar-refractivity contribution in [3.05, 3.63) is 0 Å². The average Bonchev–Trinajstić information content (AvgIpc) is 2.62. The molecule has 1 atom stereocenters. The first-order chi connectivity index (χ1) is 6.55. The molecule has 8 heteroatoms. The van der Waals surface area contributed by atoms with Gasteiger partial charge in [-0.25, -0.2) is 0 Å². The maximum Gasteiger partial charge on any atom is 0.423 e. The molecule has 0 aliphatic carbocycles. The van der Waals surface area contributed by atoms with E-state index in [9.17, 15) is 26.3 Å². The fraction of sp³-hybridized carbons (Fsp3) is 1.00. The maximum absolute atomic E-state index is 11.9. The Morgan fingerprint density at radius 2 is 1.60 bits per heavy atom. The van der Waals surface area contributed by atoms with Gasteiger partial charge in [-0.1, -0.05) is 0 Å². The van der Waals surface area contributed by atoms with Crippen LogP contribution in [-0.2, 0) is 9.47 Å². The molecule has 0 aromatic rings.